The number of carbonyl (C=O) groups is 2. The summed E-state index contributed by atoms with van der Waals surface area (Å²) in [7, 11) is 1.16. The van der Waals surface area contributed by atoms with Crippen LogP contribution in [-0.2, 0) is 32.6 Å². The van der Waals surface area contributed by atoms with Gasteiger partial charge in [-0.05, 0) is 68.3 Å². The highest BCUT2D eigenvalue weighted by molar-refractivity contribution is 7.92. The second kappa shape index (κ2) is 16.8. The Balaban J connectivity index is 1.91. The van der Waals surface area contributed by atoms with Gasteiger partial charge in [-0.25, -0.2) is 8.42 Å². The Kier molecular flexibility index (Phi) is 12.8. The lowest BCUT2D eigenvalue weighted by Gasteiger charge is -2.35. The lowest BCUT2D eigenvalue weighted by molar-refractivity contribution is -0.140. The number of ether oxygens (including phenoxy) is 4. The summed E-state index contributed by atoms with van der Waals surface area (Å²) in [6.45, 7) is 4.82. The molecule has 0 spiro atoms. The van der Waals surface area contributed by atoms with Crippen LogP contribution in [-0.4, -0.2) is 71.7 Å². The summed E-state index contributed by atoms with van der Waals surface area (Å²) in [5.74, 6) is -0.0568. The minimum atomic E-state index is -4.51. The molecule has 4 rings (SSSR count). The molecule has 0 fully saturated rings. The Labute approximate surface area is 305 Å². The van der Waals surface area contributed by atoms with Crippen molar-refractivity contribution in [3.05, 3.63) is 107 Å². The van der Waals surface area contributed by atoms with Gasteiger partial charge in [0, 0.05) is 35.7 Å². The molecule has 1 atom stereocenters. The molecule has 0 radical (unpaired) electrons. The van der Waals surface area contributed by atoms with Crippen LogP contribution in [0.1, 0.15) is 31.9 Å². The van der Waals surface area contributed by atoms with Crippen LogP contribution in [0.15, 0.2) is 95.9 Å². The Morgan fingerprint density at radius 3 is 1.98 bits per heavy atom. The van der Waals surface area contributed by atoms with Crippen LogP contribution in [0.5, 0.6) is 23.0 Å². The Morgan fingerprint density at radius 2 is 1.39 bits per heavy atom. The molecule has 11 nitrogen and oxygen atoms in total. The molecule has 2 amide bonds. The second-order valence-corrected chi connectivity index (χ2v) is 15.0. The van der Waals surface area contributed by atoms with Crippen LogP contribution in [0.4, 0.5) is 5.69 Å². The summed E-state index contributed by atoms with van der Waals surface area (Å²) < 4.78 is 52.1. The van der Waals surface area contributed by atoms with Gasteiger partial charge in [0.15, 0.2) is 11.5 Å². The van der Waals surface area contributed by atoms with E-state index in [0.717, 1.165) is 9.87 Å². The zero-order valence-electron chi connectivity index (χ0n) is 29.8. The number of methoxy groups -OCH3 is 4. The molecular weight excluding hydrogens is 694 g/mol. The molecular formula is C38H44ClN3O8S. The van der Waals surface area contributed by atoms with Gasteiger partial charge in [0.2, 0.25) is 11.8 Å². The number of sulfonamides is 1. The van der Waals surface area contributed by atoms with Crippen molar-refractivity contribution in [3.63, 3.8) is 0 Å². The number of carbonyl (C=O) groups excluding carboxylic acids is 2. The van der Waals surface area contributed by atoms with Gasteiger partial charge in [0.05, 0.1) is 39.0 Å². The SMILES string of the molecule is COc1ccc(OC)c(N(CC(=O)N(Cc2ccc(Cl)cc2)C(Cc2ccccc2)C(=O)NC(C)(C)C)S(=O)(=O)c2ccc(OC)c(OC)c2)c1. The first kappa shape index (κ1) is 38.9. The number of hydrogen-bond donors (Lipinski definition) is 1. The molecule has 0 aliphatic carbocycles. The third kappa shape index (κ3) is 9.86. The second-order valence-electron chi connectivity index (χ2n) is 12.7. The van der Waals surface area contributed by atoms with E-state index in [9.17, 15) is 18.0 Å². The van der Waals surface area contributed by atoms with Crippen molar-refractivity contribution in [2.45, 2.75) is 50.2 Å². The van der Waals surface area contributed by atoms with Gasteiger partial charge in [0.25, 0.3) is 10.0 Å². The van der Waals surface area contributed by atoms with E-state index in [1.165, 1.54) is 57.6 Å². The van der Waals surface area contributed by atoms with Crippen molar-refractivity contribution in [1.82, 2.24) is 10.2 Å². The highest BCUT2D eigenvalue weighted by atomic mass is 35.5. The molecule has 0 bridgehead atoms. The van der Waals surface area contributed by atoms with Crippen LogP contribution in [0.3, 0.4) is 0 Å². The van der Waals surface area contributed by atoms with Crippen LogP contribution >= 0.6 is 11.6 Å². The molecule has 0 aliphatic rings. The number of hydrogen-bond acceptors (Lipinski definition) is 8. The molecule has 0 aliphatic heterocycles. The molecule has 13 heteroatoms. The van der Waals surface area contributed by atoms with Crippen molar-refractivity contribution >= 4 is 39.1 Å². The van der Waals surface area contributed by atoms with Gasteiger partial charge in [-0.15, -0.1) is 0 Å². The number of halogens is 1. The maximum Gasteiger partial charge on any atom is 0.265 e. The normalized spacial score (nSPS) is 12.0. The number of nitrogens with one attached hydrogen (secondary N) is 1. The van der Waals surface area contributed by atoms with Crippen LogP contribution in [0.2, 0.25) is 5.02 Å². The maximum absolute atomic E-state index is 14.9. The summed E-state index contributed by atoms with van der Waals surface area (Å²) in [6, 6.07) is 24.0. The number of nitrogens with zero attached hydrogens (tertiary/aromatic N) is 2. The number of rotatable bonds is 15. The average Bonchev–Trinajstić information content (AvgIpc) is 3.11. The van der Waals surface area contributed by atoms with Gasteiger partial charge in [-0.3, -0.25) is 13.9 Å². The molecule has 1 unspecified atom stereocenters. The molecule has 4 aromatic carbocycles. The van der Waals surface area contributed by atoms with Crippen LogP contribution < -0.4 is 28.6 Å². The van der Waals surface area contributed by atoms with Gasteiger partial charge >= 0.3 is 0 Å². The van der Waals surface area contributed by atoms with Gasteiger partial charge in [-0.1, -0.05) is 54.1 Å². The third-order valence-electron chi connectivity index (χ3n) is 7.91. The fraction of sp³-hybridized carbons (Fsp3) is 0.316. The van der Waals surface area contributed by atoms with Gasteiger partial charge in [0.1, 0.15) is 24.1 Å². The van der Waals surface area contributed by atoms with E-state index < -0.39 is 40.0 Å². The molecule has 0 heterocycles. The maximum atomic E-state index is 14.9. The summed E-state index contributed by atoms with van der Waals surface area (Å²) in [4.78, 5) is 30.2. The molecule has 0 saturated carbocycles. The number of anilines is 1. The first-order valence-electron chi connectivity index (χ1n) is 16.1. The number of amides is 2. The van der Waals surface area contributed by atoms with Crippen LogP contribution in [0, 0.1) is 0 Å². The predicted octanol–water partition coefficient (Wildman–Crippen LogP) is 6.12. The van der Waals surface area contributed by atoms with Crippen molar-refractivity contribution in [3.8, 4) is 23.0 Å². The molecule has 272 valence electrons. The Bertz CT molecular complexity index is 1920. The fourth-order valence-corrected chi connectivity index (χ4v) is 6.96. The van der Waals surface area contributed by atoms with E-state index in [1.54, 1.807) is 36.4 Å². The zero-order valence-corrected chi connectivity index (χ0v) is 31.4. The minimum Gasteiger partial charge on any atom is -0.497 e. The Hall–Kier alpha value is -4.94. The minimum absolute atomic E-state index is 0.0233. The first-order chi connectivity index (χ1) is 24.2. The smallest absolute Gasteiger partial charge is 0.265 e. The monoisotopic (exact) mass is 737 g/mol. The summed E-state index contributed by atoms with van der Waals surface area (Å²) in [6.07, 6.45) is 0.160. The first-order valence-corrected chi connectivity index (χ1v) is 17.9. The largest absolute Gasteiger partial charge is 0.497 e. The van der Waals surface area contributed by atoms with Crippen molar-refractivity contribution in [1.29, 1.82) is 0 Å². The quantitative estimate of drug-likeness (QED) is 0.155. The fourth-order valence-electron chi connectivity index (χ4n) is 5.40. The highest BCUT2D eigenvalue weighted by Crippen LogP contribution is 2.38. The topological polar surface area (TPSA) is 124 Å². The summed E-state index contributed by atoms with van der Waals surface area (Å²) in [5, 5.41) is 3.52. The Morgan fingerprint density at radius 1 is 0.765 bits per heavy atom. The lowest BCUT2D eigenvalue weighted by atomic mass is 10.0. The molecule has 0 aromatic heterocycles. The van der Waals surface area contributed by atoms with E-state index in [4.69, 9.17) is 30.5 Å². The summed E-state index contributed by atoms with van der Waals surface area (Å²) >= 11 is 6.19. The van der Waals surface area contributed by atoms with E-state index in [2.05, 4.69) is 5.32 Å². The average molecular weight is 738 g/mol. The standard InChI is InChI=1S/C38H44ClN3O8S/c1-38(2,3)40-37(44)32(21-26-11-9-8-10-12-26)41(24-27-13-15-28(39)16-14-27)36(43)25-42(31-22-29(47-4)17-19-33(31)48-5)51(45,46)30-18-20-34(49-6)35(23-30)50-7/h8-20,22-23,32H,21,24-25H2,1-7H3,(H,40,44). The van der Waals surface area contributed by atoms with Crippen molar-refractivity contribution < 1.29 is 37.0 Å². The van der Waals surface area contributed by atoms with Crippen molar-refractivity contribution in [2.75, 3.05) is 39.3 Å². The molecule has 51 heavy (non-hydrogen) atoms. The van der Waals surface area contributed by atoms with Crippen LogP contribution in [0.25, 0.3) is 0 Å². The van der Waals surface area contributed by atoms with Gasteiger partial charge < -0.3 is 29.2 Å². The van der Waals surface area contributed by atoms with E-state index in [-0.39, 0.29) is 35.0 Å². The van der Waals surface area contributed by atoms with E-state index in [0.29, 0.717) is 22.1 Å². The molecule has 0 saturated heterocycles. The predicted molar refractivity (Wildman–Crippen MR) is 197 cm³/mol. The van der Waals surface area contributed by atoms with E-state index in [1.807, 2.05) is 51.1 Å². The van der Waals surface area contributed by atoms with Gasteiger partial charge in [-0.2, -0.15) is 0 Å². The molecule has 1 N–H and O–H groups in total. The third-order valence-corrected chi connectivity index (χ3v) is 9.92. The lowest BCUT2D eigenvalue weighted by Crippen LogP contribution is -2.56. The zero-order chi connectivity index (χ0) is 37.3. The highest BCUT2D eigenvalue weighted by Gasteiger charge is 2.37. The summed E-state index contributed by atoms with van der Waals surface area (Å²) in [5.41, 5.74) is 0.912. The van der Waals surface area contributed by atoms with E-state index >= 15 is 0 Å². The number of benzene rings is 4. The van der Waals surface area contributed by atoms with Crippen molar-refractivity contribution in [2.24, 2.45) is 0 Å². The molecule has 4 aromatic rings.